The third-order valence-electron chi connectivity index (χ3n) is 1.77. The molecule has 1 rings (SSSR count). The highest BCUT2D eigenvalue weighted by Crippen LogP contribution is 2.25. The zero-order valence-corrected chi connectivity index (χ0v) is 8.95. The van der Waals surface area contributed by atoms with Crippen LogP contribution in [0.25, 0.3) is 0 Å². The summed E-state index contributed by atoms with van der Waals surface area (Å²) in [6, 6.07) is 6.20. The summed E-state index contributed by atoms with van der Waals surface area (Å²) in [6.07, 6.45) is 0. The van der Waals surface area contributed by atoms with Gasteiger partial charge in [0.15, 0.2) is 0 Å². The third-order valence-corrected chi connectivity index (χ3v) is 2.87. The van der Waals surface area contributed by atoms with Gasteiger partial charge in [0.05, 0.1) is 0 Å². The zero-order valence-electron chi connectivity index (χ0n) is 8.13. The molecule has 0 aromatic heterocycles. The molecule has 1 aromatic rings. The number of aryl methyl sites for hydroxylation is 1. The van der Waals surface area contributed by atoms with E-state index in [1.54, 1.807) is 11.8 Å². The summed E-state index contributed by atoms with van der Waals surface area (Å²) in [5.41, 5.74) is 7.97. The lowest BCUT2D eigenvalue weighted by Gasteiger charge is -2.05. The second kappa shape index (κ2) is 5.14. The van der Waals surface area contributed by atoms with E-state index in [4.69, 9.17) is 5.73 Å². The molecule has 0 unspecified atom stereocenters. The van der Waals surface area contributed by atoms with Crippen LogP contribution in [-0.2, 0) is 0 Å². The number of hydrogen-bond donors (Lipinski definition) is 2. The minimum atomic E-state index is 0.890. The first-order valence-corrected chi connectivity index (χ1v) is 5.36. The van der Waals surface area contributed by atoms with Crippen LogP contribution in [0.15, 0.2) is 23.1 Å². The van der Waals surface area contributed by atoms with Gasteiger partial charge in [-0.3, -0.25) is 0 Å². The van der Waals surface area contributed by atoms with Crippen LogP contribution < -0.4 is 11.1 Å². The Morgan fingerprint density at radius 2 is 2.23 bits per heavy atom. The molecule has 2 nitrogen and oxygen atoms in total. The SMILES string of the molecule is CNCCSc1ccc(C)cc1N. The number of nitrogens with two attached hydrogens (primary N) is 1. The van der Waals surface area contributed by atoms with Crippen molar-refractivity contribution in [2.75, 3.05) is 25.1 Å². The largest absolute Gasteiger partial charge is 0.398 e. The first kappa shape index (κ1) is 10.4. The van der Waals surface area contributed by atoms with Crippen LogP contribution in [0.3, 0.4) is 0 Å². The molecule has 0 aliphatic carbocycles. The van der Waals surface area contributed by atoms with Gasteiger partial charge in [-0.1, -0.05) is 6.07 Å². The van der Waals surface area contributed by atoms with Crippen molar-refractivity contribution in [2.24, 2.45) is 0 Å². The summed E-state index contributed by atoms with van der Waals surface area (Å²) in [4.78, 5) is 1.18. The number of hydrogen-bond acceptors (Lipinski definition) is 3. The lowest BCUT2D eigenvalue weighted by Crippen LogP contribution is -2.09. The number of nitrogen functional groups attached to an aromatic ring is 1. The Morgan fingerprint density at radius 1 is 1.46 bits per heavy atom. The van der Waals surface area contributed by atoms with E-state index < -0.39 is 0 Å². The Kier molecular flexibility index (Phi) is 4.12. The summed E-state index contributed by atoms with van der Waals surface area (Å²) < 4.78 is 0. The van der Waals surface area contributed by atoms with E-state index in [1.165, 1.54) is 10.5 Å². The van der Waals surface area contributed by atoms with Crippen molar-refractivity contribution in [3.05, 3.63) is 23.8 Å². The van der Waals surface area contributed by atoms with Gasteiger partial charge in [0, 0.05) is 22.9 Å². The number of rotatable bonds is 4. The third kappa shape index (κ3) is 3.28. The molecule has 72 valence electrons. The normalized spacial score (nSPS) is 10.3. The second-order valence-electron chi connectivity index (χ2n) is 2.99. The summed E-state index contributed by atoms with van der Waals surface area (Å²) in [6.45, 7) is 3.07. The molecule has 3 heteroatoms. The van der Waals surface area contributed by atoms with Gasteiger partial charge < -0.3 is 11.1 Å². The van der Waals surface area contributed by atoms with Gasteiger partial charge in [0.2, 0.25) is 0 Å². The average Bonchev–Trinajstić information content (AvgIpc) is 2.09. The molecule has 1 aromatic carbocycles. The van der Waals surface area contributed by atoms with Crippen LogP contribution in [0.1, 0.15) is 5.56 Å². The summed E-state index contributed by atoms with van der Waals surface area (Å²) in [7, 11) is 1.96. The van der Waals surface area contributed by atoms with Crippen molar-refractivity contribution in [1.82, 2.24) is 5.32 Å². The molecule has 0 saturated heterocycles. The van der Waals surface area contributed by atoms with Crippen molar-refractivity contribution in [1.29, 1.82) is 0 Å². The maximum absolute atomic E-state index is 5.86. The van der Waals surface area contributed by atoms with Crippen molar-refractivity contribution in [3.8, 4) is 0 Å². The van der Waals surface area contributed by atoms with E-state index in [9.17, 15) is 0 Å². The van der Waals surface area contributed by atoms with E-state index in [2.05, 4.69) is 24.4 Å². The summed E-state index contributed by atoms with van der Waals surface area (Å²) in [5.74, 6) is 1.06. The molecule has 0 amide bonds. The summed E-state index contributed by atoms with van der Waals surface area (Å²) in [5, 5.41) is 3.11. The molecule has 0 fully saturated rings. The molecule has 0 saturated carbocycles. The van der Waals surface area contributed by atoms with E-state index in [1.807, 2.05) is 13.1 Å². The monoisotopic (exact) mass is 196 g/mol. The van der Waals surface area contributed by atoms with Crippen LogP contribution in [0.4, 0.5) is 5.69 Å². The molecule has 13 heavy (non-hydrogen) atoms. The van der Waals surface area contributed by atoms with Gasteiger partial charge >= 0.3 is 0 Å². The molecule has 0 heterocycles. The molecule has 0 aliphatic rings. The van der Waals surface area contributed by atoms with Gasteiger partial charge in [-0.15, -0.1) is 11.8 Å². The molecule has 0 radical (unpaired) electrons. The topological polar surface area (TPSA) is 38.0 Å². The lowest BCUT2D eigenvalue weighted by atomic mass is 10.2. The van der Waals surface area contributed by atoms with E-state index >= 15 is 0 Å². The molecule has 0 aliphatic heterocycles. The molecular formula is C10H16N2S. The van der Waals surface area contributed by atoms with E-state index in [0.717, 1.165) is 18.0 Å². The van der Waals surface area contributed by atoms with Crippen molar-refractivity contribution < 1.29 is 0 Å². The fourth-order valence-electron chi connectivity index (χ4n) is 1.06. The number of thioether (sulfide) groups is 1. The van der Waals surface area contributed by atoms with Gasteiger partial charge in [-0.25, -0.2) is 0 Å². The van der Waals surface area contributed by atoms with Crippen LogP contribution >= 0.6 is 11.8 Å². The Bertz CT molecular complexity index is 274. The fourth-order valence-corrected chi connectivity index (χ4v) is 1.98. The molecular weight excluding hydrogens is 180 g/mol. The highest BCUT2D eigenvalue weighted by atomic mass is 32.2. The maximum Gasteiger partial charge on any atom is 0.0454 e. The minimum Gasteiger partial charge on any atom is -0.398 e. The highest BCUT2D eigenvalue weighted by Gasteiger charge is 1.98. The second-order valence-corrected chi connectivity index (χ2v) is 4.13. The zero-order chi connectivity index (χ0) is 9.68. The van der Waals surface area contributed by atoms with Gasteiger partial charge in [0.1, 0.15) is 0 Å². The van der Waals surface area contributed by atoms with Crippen molar-refractivity contribution in [2.45, 2.75) is 11.8 Å². The predicted octanol–water partition coefficient (Wildman–Crippen LogP) is 1.89. The lowest BCUT2D eigenvalue weighted by molar-refractivity contribution is 0.872. The van der Waals surface area contributed by atoms with Crippen LogP contribution in [-0.4, -0.2) is 19.3 Å². The summed E-state index contributed by atoms with van der Waals surface area (Å²) >= 11 is 1.79. The standard InChI is InChI=1S/C10H16N2S/c1-8-3-4-10(9(11)7-8)13-6-5-12-2/h3-4,7,12H,5-6,11H2,1-2H3. The van der Waals surface area contributed by atoms with Crippen molar-refractivity contribution in [3.63, 3.8) is 0 Å². The highest BCUT2D eigenvalue weighted by molar-refractivity contribution is 7.99. The van der Waals surface area contributed by atoms with Crippen LogP contribution in [0.2, 0.25) is 0 Å². The van der Waals surface area contributed by atoms with Crippen molar-refractivity contribution >= 4 is 17.4 Å². The Labute approximate surface area is 83.9 Å². The molecule has 0 bridgehead atoms. The number of nitrogens with one attached hydrogen (secondary N) is 1. The smallest absolute Gasteiger partial charge is 0.0454 e. The van der Waals surface area contributed by atoms with Gasteiger partial charge in [0.25, 0.3) is 0 Å². The quantitative estimate of drug-likeness (QED) is 0.439. The maximum atomic E-state index is 5.86. The first-order chi connectivity index (χ1) is 6.24. The predicted molar refractivity (Wildman–Crippen MR) is 60.2 cm³/mol. The molecule has 0 atom stereocenters. The van der Waals surface area contributed by atoms with Crippen LogP contribution in [0, 0.1) is 6.92 Å². The Balaban J connectivity index is 2.56. The number of anilines is 1. The first-order valence-electron chi connectivity index (χ1n) is 4.37. The molecule has 0 spiro atoms. The fraction of sp³-hybridized carbons (Fsp3) is 0.400. The molecule has 3 N–H and O–H groups in total. The van der Waals surface area contributed by atoms with Gasteiger partial charge in [-0.05, 0) is 31.7 Å². The van der Waals surface area contributed by atoms with Crippen LogP contribution in [0.5, 0.6) is 0 Å². The Hall–Kier alpha value is -0.670. The average molecular weight is 196 g/mol. The van der Waals surface area contributed by atoms with E-state index in [0.29, 0.717) is 0 Å². The van der Waals surface area contributed by atoms with E-state index in [-0.39, 0.29) is 0 Å². The number of benzene rings is 1. The Morgan fingerprint density at radius 3 is 2.85 bits per heavy atom. The minimum absolute atomic E-state index is 0.890. The van der Waals surface area contributed by atoms with Gasteiger partial charge in [-0.2, -0.15) is 0 Å².